The standard InChI is InChI=1S/C20H19F2N3O3/c1-4-24(5-2)20-23-17-8-12(19(27)28-3)6-7-16(17)18(26)25(20)15-10-13(21)9-14(22)11-15/h6-11H,4-5H2,1-3H3. The minimum Gasteiger partial charge on any atom is -0.465 e. The molecular formula is C20H19F2N3O3. The Hall–Kier alpha value is -3.29. The number of hydrogen-bond acceptors (Lipinski definition) is 5. The number of halogens is 2. The predicted molar refractivity (Wildman–Crippen MR) is 102 cm³/mol. The number of rotatable bonds is 5. The maximum absolute atomic E-state index is 13.8. The van der Waals surface area contributed by atoms with Gasteiger partial charge in [-0.3, -0.25) is 4.79 Å². The largest absolute Gasteiger partial charge is 0.465 e. The molecule has 0 aliphatic rings. The second-order valence-electron chi connectivity index (χ2n) is 6.08. The average Bonchev–Trinajstić information content (AvgIpc) is 2.67. The van der Waals surface area contributed by atoms with Crippen molar-refractivity contribution in [3.8, 4) is 5.69 Å². The Morgan fingerprint density at radius 3 is 2.32 bits per heavy atom. The normalized spacial score (nSPS) is 10.9. The van der Waals surface area contributed by atoms with Crippen LogP contribution in [0.5, 0.6) is 0 Å². The van der Waals surface area contributed by atoms with Gasteiger partial charge in [0.05, 0.1) is 29.3 Å². The van der Waals surface area contributed by atoms with Crippen LogP contribution in [0.3, 0.4) is 0 Å². The Morgan fingerprint density at radius 2 is 1.75 bits per heavy atom. The second-order valence-corrected chi connectivity index (χ2v) is 6.08. The molecule has 0 N–H and O–H groups in total. The van der Waals surface area contributed by atoms with Crippen LogP contribution in [0.15, 0.2) is 41.2 Å². The van der Waals surface area contributed by atoms with E-state index in [9.17, 15) is 18.4 Å². The van der Waals surface area contributed by atoms with Crippen LogP contribution < -0.4 is 10.5 Å². The number of methoxy groups -OCH3 is 1. The molecule has 28 heavy (non-hydrogen) atoms. The average molecular weight is 387 g/mol. The van der Waals surface area contributed by atoms with Crippen LogP contribution in [0.2, 0.25) is 0 Å². The van der Waals surface area contributed by atoms with Crippen LogP contribution in [-0.4, -0.2) is 35.7 Å². The fraction of sp³-hybridized carbons (Fsp3) is 0.250. The number of carbonyl (C=O) groups is 1. The van der Waals surface area contributed by atoms with Crippen molar-refractivity contribution in [2.45, 2.75) is 13.8 Å². The van der Waals surface area contributed by atoms with Crippen molar-refractivity contribution in [2.75, 3.05) is 25.1 Å². The highest BCUT2D eigenvalue weighted by atomic mass is 19.1. The number of hydrogen-bond donors (Lipinski definition) is 0. The molecule has 8 heteroatoms. The number of ether oxygens (including phenoxy) is 1. The first-order valence-electron chi connectivity index (χ1n) is 8.76. The number of anilines is 1. The topological polar surface area (TPSA) is 64.4 Å². The van der Waals surface area contributed by atoms with Crippen molar-refractivity contribution in [3.05, 3.63) is 63.9 Å². The summed E-state index contributed by atoms with van der Waals surface area (Å²) < 4.78 is 33.5. The Kier molecular flexibility index (Phi) is 5.39. The van der Waals surface area contributed by atoms with E-state index < -0.39 is 23.2 Å². The van der Waals surface area contributed by atoms with Gasteiger partial charge in [0.1, 0.15) is 11.6 Å². The van der Waals surface area contributed by atoms with Crippen molar-refractivity contribution < 1.29 is 18.3 Å². The minimum absolute atomic E-state index is 0.0378. The number of fused-ring (bicyclic) bond motifs is 1. The van der Waals surface area contributed by atoms with Crippen molar-refractivity contribution in [1.29, 1.82) is 0 Å². The quantitative estimate of drug-likeness (QED) is 0.629. The molecule has 0 saturated heterocycles. The zero-order valence-electron chi connectivity index (χ0n) is 15.7. The first-order valence-corrected chi connectivity index (χ1v) is 8.76. The first-order chi connectivity index (χ1) is 13.4. The summed E-state index contributed by atoms with van der Waals surface area (Å²) in [6.07, 6.45) is 0. The fourth-order valence-electron chi connectivity index (χ4n) is 3.04. The van der Waals surface area contributed by atoms with Crippen molar-refractivity contribution in [3.63, 3.8) is 0 Å². The molecule has 0 amide bonds. The lowest BCUT2D eigenvalue weighted by Crippen LogP contribution is -2.32. The zero-order valence-corrected chi connectivity index (χ0v) is 15.7. The second kappa shape index (κ2) is 7.75. The lowest BCUT2D eigenvalue weighted by atomic mass is 10.1. The number of esters is 1. The summed E-state index contributed by atoms with van der Waals surface area (Å²) in [6.45, 7) is 4.79. The Labute approximate surface area is 160 Å². The van der Waals surface area contributed by atoms with Gasteiger partial charge in [0.25, 0.3) is 5.56 Å². The van der Waals surface area contributed by atoms with E-state index in [0.29, 0.717) is 18.6 Å². The summed E-state index contributed by atoms with van der Waals surface area (Å²) in [7, 11) is 1.26. The molecule has 0 aliphatic carbocycles. The molecule has 0 atom stereocenters. The molecule has 6 nitrogen and oxygen atoms in total. The molecule has 0 radical (unpaired) electrons. The van der Waals surface area contributed by atoms with Crippen molar-refractivity contribution >= 4 is 22.8 Å². The molecule has 146 valence electrons. The summed E-state index contributed by atoms with van der Waals surface area (Å²) in [5.41, 5.74) is 0.0917. The van der Waals surface area contributed by atoms with Gasteiger partial charge >= 0.3 is 5.97 Å². The maximum Gasteiger partial charge on any atom is 0.337 e. The molecule has 0 aliphatic heterocycles. The summed E-state index contributed by atoms with van der Waals surface area (Å²) in [4.78, 5) is 31.3. The van der Waals surface area contributed by atoms with Gasteiger partial charge in [-0.05, 0) is 44.2 Å². The van der Waals surface area contributed by atoms with Crippen LogP contribution in [0, 0.1) is 11.6 Å². The molecule has 0 bridgehead atoms. The summed E-state index contributed by atoms with van der Waals surface area (Å²) >= 11 is 0. The monoisotopic (exact) mass is 387 g/mol. The maximum atomic E-state index is 13.8. The molecule has 0 spiro atoms. The smallest absolute Gasteiger partial charge is 0.337 e. The van der Waals surface area contributed by atoms with Crippen LogP contribution in [0.1, 0.15) is 24.2 Å². The van der Waals surface area contributed by atoms with E-state index in [1.807, 2.05) is 13.8 Å². The molecule has 3 rings (SSSR count). The van der Waals surface area contributed by atoms with Gasteiger partial charge in [-0.1, -0.05) is 0 Å². The first kappa shape index (κ1) is 19.5. The van der Waals surface area contributed by atoms with Crippen LogP contribution in [0.4, 0.5) is 14.7 Å². The Balaban J connectivity index is 2.38. The van der Waals surface area contributed by atoms with Gasteiger partial charge in [0.2, 0.25) is 5.95 Å². The van der Waals surface area contributed by atoms with E-state index in [1.54, 1.807) is 4.90 Å². The van der Waals surface area contributed by atoms with E-state index in [4.69, 9.17) is 4.74 Å². The van der Waals surface area contributed by atoms with Crippen molar-refractivity contribution in [2.24, 2.45) is 0 Å². The fourth-order valence-corrected chi connectivity index (χ4v) is 3.04. The van der Waals surface area contributed by atoms with E-state index >= 15 is 0 Å². The van der Waals surface area contributed by atoms with Gasteiger partial charge in [-0.15, -0.1) is 0 Å². The van der Waals surface area contributed by atoms with Crippen LogP contribution >= 0.6 is 0 Å². The van der Waals surface area contributed by atoms with Crippen molar-refractivity contribution in [1.82, 2.24) is 9.55 Å². The van der Waals surface area contributed by atoms with Gasteiger partial charge in [0.15, 0.2) is 0 Å². The molecule has 0 unspecified atom stereocenters. The van der Waals surface area contributed by atoms with Crippen LogP contribution in [0.25, 0.3) is 16.6 Å². The molecule has 3 aromatic rings. The zero-order chi connectivity index (χ0) is 20.4. The van der Waals surface area contributed by atoms with Gasteiger partial charge < -0.3 is 9.64 Å². The molecule has 0 fully saturated rings. The van der Waals surface area contributed by atoms with Gasteiger partial charge in [0, 0.05) is 19.2 Å². The Bertz CT molecular complexity index is 1090. The number of benzene rings is 2. The highest BCUT2D eigenvalue weighted by Crippen LogP contribution is 2.22. The summed E-state index contributed by atoms with van der Waals surface area (Å²) in [5, 5.41) is 0.216. The molecule has 1 aromatic heterocycles. The summed E-state index contributed by atoms with van der Waals surface area (Å²) in [6, 6.07) is 7.26. The third-order valence-corrected chi connectivity index (χ3v) is 4.42. The SMILES string of the molecule is CCN(CC)c1nc2cc(C(=O)OC)ccc2c(=O)n1-c1cc(F)cc(F)c1. The highest BCUT2D eigenvalue weighted by Gasteiger charge is 2.19. The Morgan fingerprint density at radius 1 is 1.11 bits per heavy atom. The number of carbonyl (C=O) groups excluding carboxylic acids is 1. The lowest BCUT2D eigenvalue weighted by Gasteiger charge is -2.24. The minimum atomic E-state index is -0.798. The molecular weight excluding hydrogens is 368 g/mol. The number of aromatic nitrogens is 2. The van der Waals surface area contributed by atoms with Gasteiger partial charge in [-0.25, -0.2) is 23.1 Å². The van der Waals surface area contributed by atoms with Crippen LogP contribution in [-0.2, 0) is 4.74 Å². The third kappa shape index (κ3) is 3.45. The number of nitrogens with zero attached hydrogens (tertiary/aromatic N) is 3. The van der Waals surface area contributed by atoms with E-state index in [-0.39, 0.29) is 22.6 Å². The third-order valence-electron chi connectivity index (χ3n) is 4.42. The van der Waals surface area contributed by atoms with Gasteiger partial charge in [-0.2, -0.15) is 0 Å². The lowest BCUT2D eigenvalue weighted by molar-refractivity contribution is 0.0601. The molecule has 0 saturated carbocycles. The molecule has 1 heterocycles. The highest BCUT2D eigenvalue weighted by molar-refractivity contribution is 5.94. The van der Waals surface area contributed by atoms with E-state index in [0.717, 1.165) is 18.2 Å². The van der Waals surface area contributed by atoms with E-state index in [1.165, 1.54) is 29.9 Å². The predicted octanol–water partition coefficient (Wildman–Crippen LogP) is 3.30. The summed E-state index contributed by atoms with van der Waals surface area (Å²) in [5.74, 6) is -1.92. The molecule has 2 aromatic carbocycles. The van der Waals surface area contributed by atoms with E-state index in [2.05, 4.69) is 4.98 Å².